The van der Waals surface area contributed by atoms with Gasteiger partial charge in [0.1, 0.15) is 10.7 Å². The third-order valence-corrected chi connectivity index (χ3v) is 6.88. The Morgan fingerprint density at radius 3 is 2.56 bits per heavy atom. The number of halogens is 3. The van der Waals surface area contributed by atoms with Gasteiger partial charge in [-0.15, -0.1) is 11.3 Å². The Balaban J connectivity index is 1.51. The van der Waals surface area contributed by atoms with Crippen molar-refractivity contribution in [2.45, 2.75) is 39.9 Å². The van der Waals surface area contributed by atoms with E-state index in [1.165, 1.54) is 23.5 Å². The molecule has 0 spiro atoms. The van der Waals surface area contributed by atoms with E-state index in [-0.39, 0.29) is 0 Å². The smallest absolute Gasteiger partial charge is 0.383 e. The average molecular weight is 484 g/mol. The molecule has 0 aliphatic rings. The fraction of sp³-hybridized carbons (Fsp3) is 0.240. The molecule has 4 aromatic rings. The van der Waals surface area contributed by atoms with Crippen molar-refractivity contribution in [2.24, 2.45) is 0 Å². The second-order valence-corrected chi connectivity index (χ2v) is 9.16. The van der Waals surface area contributed by atoms with E-state index in [4.69, 9.17) is 5.41 Å². The van der Waals surface area contributed by atoms with Gasteiger partial charge in [0.25, 0.3) is 0 Å². The van der Waals surface area contributed by atoms with Crippen LogP contribution in [0.4, 0.5) is 13.2 Å². The summed E-state index contributed by atoms with van der Waals surface area (Å²) in [4.78, 5) is 13.0. The minimum atomic E-state index is -4.36. The standard InChI is InChI=1S/C25H24F3N5S/c1-14(29)21(11-18-12-32-23-20(18)5-4-10-30-23)15(2)31-13-22-16(3)33-24(34-22)17-6-8-19(9-7-17)25(26,27)28/h4-10,12,29,31H,11,13H2,1-3H3,(H,30,32)/b21-15-,29-14?. The first-order valence-corrected chi connectivity index (χ1v) is 11.5. The average Bonchev–Trinajstić information content (AvgIpc) is 3.38. The fourth-order valence-corrected chi connectivity index (χ4v) is 4.74. The van der Waals surface area contributed by atoms with Crippen molar-refractivity contribution >= 4 is 28.1 Å². The summed E-state index contributed by atoms with van der Waals surface area (Å²) in [6, 6.07) is 8.97. The molecule has 0 amide bonds. The number of rotatable bonds is 7. The molecule has 0 bridgehead atoms. The van der Waals surface area contributed by atoms with E-state index >= 15 is 0 Å². The number of H-pyrrole nitrogens is 1. The lowest BCUT2D eigenvalue weighted by Crippen LogP contribution is -2.16. The Morgan fingerprint density at radius 1 is 1.15 bits per heavy atom. The zero-order valence-electron chi connectivity index (χ0n) is 19.0. The summed E-state index contributed by atoms with van der Waals surface area (Å²) >= 11 is 1.45. The molecule has 0 aliphatic carbocycles. The maximum atomic E-state index is 12.8. The minimum absolute atomic E-state index is 0.481. The summed E-state index contributed by atoms with van der Waals surface area (Å²) < 4.78 is 38.5. The van der Waals surface area contributed by atoms with Crippen LogP contribution in [0.3, 0.4) is 0 Å². The van der Waals surface area contributed by atoms with Crippen molar-refractivity contribution in [3.63, 3.8) is 0 Å². The maximum Gasteiger partial charge on any atom is 0.416 e. The van der Waals surface area contributed by atoms with Crippen LogP contribution < -0.4 is 5.32 Å². The number of pyridine rings is 1. The molecule has 9 heteroatoms. The number of aryl methyl sites for hydroxylation is 1. The lowest BCUT2D eigenvalue weighted by atomic mass is 10.00. The molecule has 3 N–H and O–H groups in total. The third kappa shape index (κ3) is 5.04. The second kappa shape index (κ2) is 9.42. The Kier molecular flexibility index (Phi) is 6.56. The van der Waals surface area contributed by atoms with Crippen LogP contribution in [0.15, 0.2) is 60.1 Å². The molecule has 176 valence electrons. The van der Waals surface area contributed by atoms with Crippen LogP contribution in [-0.2, 0) is 19.1 Å². The van der Waals surface area contributed by atoms with Gasteiger partial charge in [0.2, 0.25) is 0 Å². The molecule has 0 radical (unpaired) electrons. The molecular weight excluding hydrogens is 459 g/mol. The van der Waals surface area contributed by atoms with Gasteiger partial charge in [0, 0.05) is 46.1 Å². The quantitative estimate of drug-likeness (QED) is 0.257. The highest BCUT2D eigenvalue weighted by atomic mass is 32.1. The van der Waals surface area contributed by atoms with Crippen molar-refractivity contribution < 1.29 is 13.2 Å². The van der Waals surface area contributed by atoms with E-state index in [2.05, 4.69) is 20.3 Å². The second-order valence-electron chi connectivity index (χ2n) is 8.08. The molecule has 0 saturated carbocycles. The monoisotopic (exact) mass is 483 g/mol. The number of nitrogens with one attached hydrogen (secondary N) is 3. The zero-order valence-corrected chi connectivity index (χ0v) is 19.8. The number of aromatic amines is 1. The number of hydrogen-bond acceptors (Lipinski definition) is 5. The van der Waals surface area contributed by atoms with Crippen LogP contribution in [0.25, 0.3) is 21.6 Å². The SMILES string of the molecule is CC(=N)/C(Cc1c[nH]c2ncccc12)=C(/C)NCc1sc(-c2ccc(C(F)(F)F)cc2)nc1C. The highest BCUT2D eigenvalue weighted by molar-refractivity contribution is 7.15. The predicted octanol–water partition coefficient (Wildman–Crippen LogP) is 6.66. The summed E-state index contributed by atoms with van der Waals surface area (Å²) in [6.07, 6.45) is -0.0928. The summed E-state index contributed by atoms with van der Waals surface area (Å²) in [6.45, 7) is 6.13. The number of allylic oxidation sites excluding steroid dienone is 2. The molecule has 0 saturated heterocycles. The molecule has 0 atom stereocenters. The highest BCUT2D eigenvalue weighted by Crippen LogP contribution is 2.33. The van der Waals surface area contributed by atoms with Crippen LogP contribution in [0, 0.1) is 12.3 Å². The van der Waals surface area contributed by atoms with Crippen molar-refractivity contribution in [3.8, 4) is 10.6 Å². The van der Waals surface area contributed by atoms with Gasteiger partial charge >= 0.3 is 6.18 Å². The van der Waals surface area contributed by atoms with Crippen LogP contribution >= 0.6 is 11.3 Å². The topological polar surface area (TPSA) is 77.5 Å². The van der Waals surface area contributed by atoms with Gasteiger partial charge < -0.3 is 15.7 Å². The summed E-state index contributed by atoms with van der Waals surface area (Å²) in [5.41, 5.74) is 4.98. The first-order valence-electron chi connectivity index (χ1n) is 10.7. The molecule has 3 heterocycles. The zero-order chi connectivity index (χ0) is 24.5. The van der Waals surface area contributed by atoms with Gasteiger partial charge in [0.15, 0.2) is 0 Å². The summed E-state index contributed by atoms with van der Waals surface area (Å²) in [5.74, 6) is 0. The molecule has 0 aliphatic heterocycles. The molecule has 5 nitrogen and oxygen atoms in total. The Labute approximate surface area is 199 Å². The van der Waals surface area contributed by atoms with Crippen LogP contribution in [0.5, 0.6) is 0 Å². The molecule has 34 heavy (non-hydrogen) atoms. The van der Waals surface area contributed by atoms with E-state index in [0.29, 0.717) is 29.2 Å². The van der Waals surface area contributed by atoms with Gasteiger partial charge in [-0.25, -0.2) is 9.97 Å². The van der Waals surface area contributed by atoms with Gasteiger partial charge in [-0.3, -0.25) is 0 Å². The van der Waals surface area contributed by atoms with Crippen LogP contribution in [-0.4, -0.2) is 20.7 Å². The van der Waals surface area contributed by atoms with Crippen molar-refractivity contribution in [1.29, 1.82) is 5.41 Å². The molecule has 0 unspecified atom stereocenters. The van der Waals surface area contributed by atoms with E-state index in [9.17, 15) is 13.2 Å². The number of thiazole rings is 1. The number of benzene rings is 1. The fourth-order valence-electron chi connectivity index (χ4n) is 3.73. The number of aromatic nitrogens is 3. The Bertz CT molecular complexity index is 1360. The van der Waals surface area contributed by atoms with E-state index < -0.39 is 11.7 Å². The van der Waals surface area contributed by atoms with E-state index in [1.807, 2.05) is 32.2 Å². The molecule has 4 rings (SSSR count). The normalized spacial score (nSPS) is 12.6. The van der Waals surface area contributed by atoms with Gasteiger partial charge in [-0.2, -0.15) is 13.2 Å². The van der Waals surface area contributed by atoms with Crippen molar-refractivity contribution in [1.82, 2.24) is 20.3 Å². The Morgan fingerprint density at radius 2 is 1.88 bits per heavy atom. The third-order valence-electron chi connectivity index (χ3n) is 5.68. The molecular formula is C25H24F3N5S. The molecule has 0 fully saturated rings. The Hall–Kier alpha value is -3.46. The molecule has 1 aromatic carbocycles. The number of alkyl halides is 3. The van der Waals surface area contributed by atoms with Crippen molar-refractivity contribution in [2.75, 3.05) is 0 Å². The number of fused-ring (bicyclic) bond motifs is 1. The van der Waals surface area contributed by atoms with Crippen molar-refractivity contribution in [3.05, 3.63) is 81.8 Å². The number of nitrogens with zero attached hydrogens (tertiary/aromatic N) is 2. The summed E-state index contributed by atoms with van der Waals surface area (Å²) in [7, 11) is 0. The van der Waals surface area contributed by atoms with Crippen LogP contribution in [0.2, 0.25) is 0 Å². The maximum absolute atomic E-state index is 12.8. The first-order chi connectivity index (χ1) is 16.1. The predicted molar refractivity (Wildman–Crippen MR) is 130 cm³/mol. The van der Waals surface area contributed by atoms with Crippen LogP contribution in [0.1, 0.15) is 35.5 Å². The molecule has 3 aromatic heterocycles. The van der Waals surface area contributed by atoms with E-state index in [1.54, 1.807) is 13.1 Å². The number of hydrogen-bond donors (Lipinski definition) is 3. The first kappa shape index (κ1) is 23.7. The van der Waals surface area contributed by atoms with Gasteiger partial charge in [-0.1, -0.05) is 12.1 Å². The lowest BCUT2D eigenvalue weighted by molar-refractivity contribution is -0.137. The van der Waals surface area contributed by atoms with Gasteiger partial charge in [-0.05, 0) is 56.2 Å². The summed E-state index contributed by atoms with van der Waals surface area (Å²) in [5, 5.41) is 13.4. The van der Waals surface area contributed by atoms with Gasteiger partial charge in [0.05, 0.1) is 17.8 Å². The van der Waals surface area contributed by atoms with E-state index in [0.717, 1.165) is 50.6 Å². The largest absolute Gasteiger partial charge is 0.416 e. The minimum Gasteiger partial charge on any atom is -0.383 e. The lowest BCUT2D eigenvalue weighted by Gasteiger charge is -2.13. The highest BCUT2D eigenvalue weighted by Gasteiger charge is 2.30.